The summed E-state index contributed by atoms with van der Waals surface area (Å²) in [4.78, 5) is 3.50. The van der Waals surface area contributed by atoms with Crippen molar-refractivity contribution in [3.63, 3.8) is 0 Å². The second kappa shape index (κ2) is 4.96. The maximum atomic E-state index is 13.1. The van der Waals surface area contributed by atoms with Gasteiger partial charge in [-0.3, -0.25) is 0 Å². The van der Waals surface area contributed by atoms with E-state index in [4.69, 9.17) is 5.11 Å². The molecule has 0 atom stereocenters. The van der Waals surface area contributed by atoms with E-state index in [0.717, 1.165) is 0 Å². The van der Waals surface area contributed by atoms with Crippen molar-refractivity contribution < 1.29 is 27.4 Å². The second-order valence-electron chi connectivity index (χ2n) is 2.70. The van der Waals surface area contributed by atoms with Gasteiger partial charge >= 0.3 is 6.36 Å². The molecular formula is C8H6BrF4NO2. The molecular weight excluding hydrogens is 298 g/mol. The third-order valence-electron chi connectivity index (χ3n) is 1.59. The highest BCUT2D eigenvalue weighted by atomic mass is 79.9. The number of alkyl halides is 4. The Hall–Kier alpha value is -0.890. The number of nitrogens with zero attached hydrogens (tertiary/aromatic N) is 1. The van der Waals surface area contributed by atoms with E-state index in [1.807, 2.05) is 0 Å². The van der Waals surface area contributed by atoms with E-state index < -0.39 is 24.5 Å². The Morgan fingerprint density at radius 2 is 2.00 bits per heavy atom. The smallest absolute Gasteiger partial charge is 0.404 e. The first-order chi connectivity index (χ1) is 7.37. The van der Waals surface area contributed by atoms with Gasteiger partial charge in [0.2, 0.25) is 0 Å². The van der Waals surface area contributed by atoms with Crippen LogP contribution in [-0.4, -0.2) is 16.5 Å². The standard InChI is InChI=1S/C8H6BrF4NO2/c9-2-5-7(16-8(11,12)13)1-4(10)6(3-15)14-5/h1,15H,2-3H2. The summed E-state index contributed by atoms with van der Waals surface area (Å²) in [5.41, 5.74) is -0.466. The molecule has 90 valence electrons. The van der Waals surface area contributed by atoms with Crippen molar-refractivity contribution >= 4 is 15.9 Å². The monoisotopic (exact) mass is 303 g/mol. The van der Waals surface area contributed by atoms with Crippen LogP contribution in [-0.2, 0) is 11.9 Å². The third kappa shape index (κ3) is 3.31. The maximum Gasteiger partial charge on any atom is 0.573 e. The largest absolute Gasteiger partial charge is 0.573 e. The van der Waals surface area contributed by atoms with E-state index in [1.54, 1.807) is 0 Å². The number of ether oxygens (including phenoxy) is 1. The van der Waals surface area contributed by atoms with E-state index in [2.05, 4.69) is 25.7 Å². The molecule has 0 aliphatic carbocycles. The lowest BCUT2D eigenvalue weighted by molar-refractivity contribution is -0.275. The minimum Gasteiger partial charge on any atom is -0.404 e. The van der Waals surface area contributed by atoms with Crippen LogP contribution < -0.4 is 4.74 Å². The summed E-state index contributed by atoms with van der Waals surface area (Å²) in [6.45, 7) is -0.696. The number of halogens is 5. The van der Waals surface area contributed by atoms with Crippen LogP contribution in [0.5, 0.6) is 5.75 Å². The third-order valence-corrected chi connectivity index (χ3v) is 2.12. The summed E-state index contributed by atoms with van der Waals surface area (Å²) in [6.07, 6.45) is -4.91. The van der Waals surface area contributed by atoms with Gasteiger partial charge in [0.05, 0.1) is 12.3 Å². The Morgan fingerprint density at radius 3 is 2.44 bits per heavy atom. The Bertz CT molecular complexity index is 383. The van der Waals surface area contributed by atoms with E-state index in [0.29, 0.717) is 6.07 Å². The Labute approximate surface area is 96.2 Å². The summed E-state index contributed by atoms with van der Waals surface area (Å²) in [7, 11) is 0. The molecule has 1 aromatic heterocycles. The molecule has 16 heavy (non-hydrogen) atoms. The average Bonchev–Trinajstić information content (AvgIpc) is 2.16. The van der Waals surface area contributed by atoms with E-state index >= 15 is 0 Å². The van der Waals surface area contributed by atoms with Crippen LogP contribution in [0.15, 0.2) is 6.07 Å². The van der Waals surface area contributed by atoms with Crippen LogP contribution in [0.2, 0.25) is 0 Å². The minimum absolute atomic E-state index is 0.0499. The normalized spacial score (nSPS) is 11.6. The summed E-state index contributed by atoms with van der Waals surface area (Å²) < 4.78 is 52.5. The molecule has 0 aliphatic heterocycles. The molecule has 1 heterocycles. The molecule has 1 rings (SSSR count). The Balaban J connectivity index is 3.13. The molecule has 0 aliphatic rings. The fourth-order valence-electron chi connectivity index (χ4n) is 0.973. The molecule has 0 bridgehead atoms. The fraction of sp³-hybridized carbons (Fsp3) is 0.375. The van der Waals surface area contributed by atoms with Crippen molar-refractivity contribution in [2.75, 3.05) is 0 Å². The van der Waals surface area contributed by atoms with Gasteiger partial charge in [-0.15, -0.1) is 13.2 Å². The first-order valence-corrected chi connectivity index (χ1v) is 5.10. The van der Waals surface area contributed by atoms with Gasteiger partial charge in [0.1, 0.15) is 5.69 Å². The Kier molecular flexibility index (Phi) is 4.09. The molecule has 1 aromatic rings. The van der Waals surface area contributed by atoms with Crippen LogP contribution in [0.25, 0.3) is 0 Å². The fourth-order valence-corrected chi connectivity index (χ4v) is 1.37. The number of aliphatic hydroxyl groups is 1. The van der Waals surface area contributed by atoms with E-state index in [9.17, 15) is 17.6 Å². The lowest BCUT2D eigenvalue weighted by atomic mass is 10.3. The van der Waals surface area contributed by atoms with Crippen LogP contribution >= 0.6 is 15.9 Å². The highest BCUT2D eigenvalue weighted by Gasteiger charge is 2.32. The van der Waals surface area contributed by atoms with Crippen LogP contribution in [0.4, 0.5) is 17.6 Å². The van der Waals surface area contributed by atoms with Crippen molar-refractivity contribution in [1.29, 1.82) is 0 Å². The molecule has 0 aromatic carbocycles. The topological polar surface area (TPSA) is 42.4 Å². The zero-order chi connectivity index (χ0) is 12.3. The zero-order valence-corrected chi connectivity index (χ0v) is 9.27. The minimum atomic E-state index is -4.91. The van der Waals surface area contributed by atoms with Gasteiger partial charge in [-0.05, 0) is 0 Å². The molecule has 3 nitrogen and oxygen atoms in total. The molecule has 1 N–H and O–H groups in total. The molecule has 0 radical (unpaired) electrons. The first kappa shape index (κ1) is 13.2. The van der Waals surface area contributed by atoms with Gasteiger partial charge in [-0.1, -0.05) is 15.9 Å². The SMILES string of the molecule is OCc1nc(CBr)c(OC(F)(F)F)cc1F. The quantitative estimate of drug-likeness (QED) is 0.689. The van der Waals surface area contributed by atoms with Gasteiger partial charge in [0.15, 0.2) is 11.6 Å². The Morgan fingerprint density at radius 1 is 1.38 bits per heavy atom. The number of aliphatic hydroxyl groups excluding tert-OH is 1. The molecule has 0 fully saturated rings. The molecule has 0 saturated heterocycles. The first-order valence-electron chi connectivity index (χ1n) is 3.98. The summed E-state index contributed by atoms with van der Waals surface area (Å²) in [6, 6.07) is 0.544. The number of pyridine rings is 1. The summed E-state index contributed by atoms with van der Waals surface area (Å²) in [5, 5.41) is 8.63. The van der Waals surface area contributed by atoms with Crippen molar-refractivity contribution in [3.8, 4) is 5.75 Å². The highest BCUT2D eigenvalue weighted by Crippen LogP contribution is 2.28. The van der Waals surface area contributed by atoms with Crippen LogP contribution in [0.1, 0.15) is 11.4 Å². The van der Waals surface area contributed by atoms with E-state index in [1.165, 1.54) is 0 Å². The van der Waals surface area contributed by atoms with Crippen LogP contribution in [0, 0.1) is 5.82 Å². The van der Waals surface area contributed by atoms with Gasteiger partial charge in [0.25, 0.3) is 0 Å². The lowest BCUT2D eigenvalue weighted by Gasteiger charge is -2.12. The molecule has 0 amide bonds. The molecule has 0 saturated carbocycles. The predicted octanol–water partition coefficient (Wildman–Crippen LogP) is 2.51. The maximum absolute atomic E-state index is 13.1. The van der Waals surface area contributed by atoms with E-state index in [-0.39, 0.29) is 16.7 Å². The van der Waals surface area contributed by atoms with Crippen molar-refractivity contribution in [2.45, 2.75) is 18.3 Å². The van der Waals surface area contributed by atoms with Gasteiger partial charge in [0, 0.05) is 11.4 Å². The number of aromatic nitrogens is 1. The van der Waals surface area contributed by atoms with Gasteiger partial charge in [-0.25, -0.2) is 9.37 Å². The average molecular weight is 304 g/mol. The van der Waals surface area contributed by atoms with Crippen molar-refractivity contribution in [2.24, 2.45) is 0 Å². The number of hydrogen-bond acceptors (Lipinski definition) is 3. The molecule has 0 unspecified atom stereocenters. The number of rotatable bonds is 3. The molecule has 8 heteroatoms. The van der Waals surface area contributed by atoms with Crippen LogP contribution in [0.3, 0.4) is 0 Å². The highest BCUT2D eigenvalue weighted by molar-refractivity contribution is 9.08. The van der Waals surface area contributed by atoms with Gasteiger partial charge < -0.3 is 9.84 Å². The summed E-state index contributed by atoms with van der Waals surface area (Å²) >= 11 is 2.89. The van der Waals surface area contributed by atoms with Gasteiger partial charge in [-0.2, -0.15) is 0 Å². The second-order valence-corrected chi connectivity index (χ2v) is 3.26. The zero-order valence-electron chi connectivity index (χ0n) is 7.68. The summed E-state index contributed by atoms with van der Waals surface area (Å²) in [5.74, 6) is -1.77. The predicted molar refractivity (Wildman–Crippen MR) is 49.4 cm³/mol. The lowest BCUT2D eigenvalue weighted by Crippen LogP contribution is -2.19. The molecule has 0 spiro atoms. The number of hydrogen-bond donors (Lipinski definition) is 1. The van der Waals surface area contributed by atoms with Crippen molar-refractivity contribution in [3.05, 3.63) is 23.3 Å². The van der Waals surface area contributed by atoms with Crippen molar-refractivity contribution in [1.82, 2.24) is 4.98 Å².